The van der Waals surface area contributed by atoms with Gasteiger partial charge >= 0.3 is 5.97 Å². The van der Waals surface area contributed by atoms with Crippen LogP contribution in [0.2, 0.25) is 5.15 Å². The number of rotatable bonds is 3. The van der Waals surface area contributed by atoms with Crippen molar-refractivity contribution in [1.29, 1.82) is 0 Å². The second kappa shape index (κ2) is 5.45. The first kappa shape index (κ1) is 15.1. The Balaban J connectivity index is 2.01. The van der Waals surface area contributed by atoms with Crippen molar-refractivity contribution < 1.29 is 19.0 Å². The highest BCUT2D eigenvalue weighted by atomic mass is 35.5. The number of carbonyl (C=O) groups excluding carboxylic acids is 1. The van der Waals surface area contributed by atoms with E-state index in [1.165, 1.54) is 19.6 Å². The van der Waals surface area contributed by atoms with Crippen LogP contribution in [0.4, 0.5) is 0 Å². The van der Waals surface area contributed by atoms with E-state index in [4.69, 9.17) is 25.8 Å². The third-order valence-electron chi connectivity index (χ3n) is 3.22. The Morgan fingerprint density at radius 1 is 1.50 bits per heavy atom. The quantitative estimate of drug-likeness (QED) is 0.626. The summed E-state index contributed by atoms with van der Waals surface area (Å²) in [7, 11) is 0. The lowest BCUT2D eigenvalue weighted by Crippen LogP contribution is -2.31. The van der Waals surface area contributed by atoms with Crippen LogP contribution in [0.1, 0.15) is 27.0 Å². The number of nitrogens with zero attached hydrogens (tertiary/aromatic N) is 4. The molecule has 2 atom stereocenters. The maximum atomic E-state index is 11.5. The van der Waals surface area contributed by atoms with Crippen molar-refractivity contribution in [3.8, 4) is 0 Å². The van der Waals surface area contributed by atoms with Crippen molar-refractivity contribution in [1.82, 2.24) is 19.5 Å². The SMILES string of the molecule is CC(=O)O[C@H]([C@H]1COC(C)(C)O1)n1cnc2c(Cl)ncnc21. The number of ether oxygens (including phenoxy) is 3. The molecule has 1 fully saturated rings. The third-order valence-corrected chi connectivity index (χ3v) is 3.50. The smallest absolute Gasteiger partial charge is 0.304 e. The van der Waals surface area contributed by atoms with Gasteiger partial charge in [0, 0.05) is 6.92 Å². The van der Waals surface area contributed by atoms with Crippen LogP contribution in [0.25, 0.3) is 11.2 Å². The van der Waals surface area contributed by atoms with E-state index >= 15 is 0 Å². The lowest BCUT2D eigenvalue weighted by atomic mass is 10.3. The van der Waals surface area contributed by atoms with Crippen LogP contribution >= 0.6 is 11.6 Å². The molecule has 2 aromatic heterocycles. The Bertz CT molecular complexity index is 717. The summed E-state index contributed by atoms with van der Waals surface area (Å²) in [5, 5.41) is 0.231. The van der Waals surface area contributed by atoms with Crippen molar-refractivity contribution in [2.24, 2.45) is 0 Å². The minimum atomic E-state index is -0.754. The van der Waals surface area contributed by atoms with E-state index in [0.29, 0.717) is 11.2 Å². The van der Waals surface area contributed by atoms with Gasteiger partial charge in [-0.1, -0.05) is 11.6 Å². The first-order chi connectivity index (χ1) is 10.4. The number of halogens is 1. The highest BCUT2D eigenvalue weighted by molar-refractivity contribution is 6.33. The molecule has 1 saturated heterocycles. The van der Waals surface area contributed by atoms with Gasteiger partial charge in [0.15, 0.2) is 16.6 Å². The van der Waals surface area contributed by atoms with Gasteiger partial charge in [0.05, 0.1) is 6.61 Å². The number of carbonyl (C=O) groups is 1. The van der Waals surface area contributed by atoms with Crippen molar-refractivity contribution in [3.05, 3.63) is 17.8 Å². The van der Waals surface area contributed by atoms with Gasteiger partial charge in [-0.05, 0) is 13.8 Å². The molecule has 0 spiro atoms. The second-order valence-electron chi connectivity index (χ2n) is 5.36. The molecule has 1 aliphatic rings. The molecule has 118 valence electrons. The number of esters is 1. The molecule has 0 unspecified atom stereocenters. The van der Waals surface area contributed by atoms with Gasteiger partial charge < -0.3 is 14.2 Å². The summed E-state index contributed by atoms with van der Waals surface area (Å²) in [4.78, 5) is 23.7. The normalized spacial score (nSPS) is 21.9. The van der Waals surface area contributed by atoms with Crippen LogP contribution in [-0.2, 0) is 19.0 Å². The second-order valence-corrected chi connectivity index (χ2v) is 5.71. The molecule has 8 nitrogen and oxygen atoms in total. The van der Waals surface area contributed by atoms with Gasteiger partial charge in [-0.2, -0.15) is 0 Å². The molecule has 2 aromatic rings. The largest absolute Gasteiger partial charge is 0.438 e. The number of fused-ring (bicyclic) bond motifs is 1. The fourth-order valence-electron chi connectivity index (χ4n) is 2.35. The lowest BCUT2D eigenvalue weighted by molar-refractivity contribution is -0.178. The Morgan fingerprint density at radius 2 is 2.27 bits per heavy atom. The third kappa shape index (κ3) is 2.77. The van der Waals surface area contributed by atoms with E-state index in [-0.39, 0.29) is 11.8 Å². The van der Waals surface area contributed by atoms with E-state index in [2.05, 4.69) is 15.0 Å². The predicted octanol–water partition coefficient (Wildman–Crippen LogP) is 1.69. The predicted molar refractivity (Wildman–Crippen MR) is 76.0 cm³/mol. The minimum absolute atomic E-state index is 0.231. The monoisotopic (exact) mass is 326 g/mol. The summed E-state index contributed by atoms with van der Waals surface area (Å²) < 4.78 is 18.3. The van der Waals surface area contributed by atoms with Crippen LogP contribution < -0.4 is 0 Å². The Hall–Kier alpha value is -1.77. The van der Waals surface area contributed by atoms with Crippen LogP contribution in [0.5, 0.6) is 0 Å². The average molecular weight is 327 g/mol. The van der Waals surface area contributed by atoms with Crippen molar-refractivity contribution in [2.45, 2.75) is 38.9 Å². The van der Waals surface area contributed by atoms with E-state index in [1.54, 1.807) is 18.4 Å². The van der Waals surface area contributed by atoms with Crippen molar-refractivity contribution in [2.75, 3.05) is 6.61 Å². The van der Waals surface area contributed by atoms with Crippen LogP contribution in [0, 0.1) is 0 Å². The fraction of sp³-hybridized carbons (Fsp3) is 0.538. The summed E-state index contributed by atoms with van der Waals surface area (Å²) in [5.41, 5.74) is 0.888. The van der Waals surface area contributed by atoms with Crippen LogP contribution in [0.3, 0.4) is 0 Å². The van der Waals surface area contributed by atoms with Gasteiger partial charge in [0.2, 0.25) is 6.23 Å². The Kier molecular flexibility index (Phi) is 3.75. The van der Waals surface area contributed by atoms with E-state index < -0.39 is 24.1 Å². The molecule has 9 heteroatoms. The zero-order chi connectivity index (χ0) is 15.9. The number of aromatic nitrogens is 4. The Labute approximate surface area is 131 Å². The molecule has 0 N–H and O–H groups in total. The average Bonchev–Trinajstić information content (AvgIpc) is 3.00. The van der Waals surface area contributed by atoms with E-state index in [0.717, 1.165) is 0 Å². The summed E-state index contributed by atoms with van der Waals surface area (Å²) >= 11 is 6.00. The zero-order valence-electron chi connectivity index (χ0n) is 12.3. The van der Waals surface area contributed by atoms with E-state index in [9.17, 15) is 4.79 Å². The molecule has 22 heavy (non-hydrogen) atoms. The summed E-state index contributed by atoms with van der Waals surface area (Å²) in [6.07, 6.45) is 1.58. The molecule has 0 aliphatic carbocycles. The van der Waals surface area contributed by atoms with Gasteiger partial charge in [0.1, 0.15) is 24.3 Å². The molecule has 0 bridgehead atoms. The molecule has 0 aromatic carbocycles. The zero-order valence-corrected chi connectivity index (χ0v) is 13.1. The molecule has 0 radical (unpaired) electrons. The van der Waals surface area contributed by atoms with E-state index in [1.807, 2.05) is 0 Å². The molecule has 3 rings (SSSR count). The maximum Gasteiger partial charge on any atom is 0.304 e. The van der Waals surface area contributed by atoms with Gasteiger partial charge in [-0.25, -0.2) is 15.0 Å². The lowest BCUT2D eigenvalue weighted by Gasteiger charge is -2.24. The molecule has 0 amide bonds. The number of imidazole rings is 1. The minimum Gasteiger partial charge on any atom is -0.438 e. The van der Waals surface area contributed by atoms with Crippen LogP contribution in [0.15, 0.2) is 12.7 Å². The first-order valence-electron chi connectivity index (χ1n) is 6.69. The van der Waals surface area contributed by atoms with Gasteiger partial charge in [0.25, 0.3) is 0 Å². The maximum absolute atomic E-state index is 11.5. The molecule has 0 saturated carbocycles. The summed E-state index contributed by atoms with van der Waals surface area (Å²) in [6, 6.07) is 0. The summed E-state index contributed by atoms with van der Waals surface area (Å²) in [6.45, 7) is 5.20. The standard InChI is InChI=1S/C13H15ClN4O4/c1-7(19)21-12(8-4-20-13(2,3)22-8)18-6-17-9-10(14)15-5-16-11(9)18/h5-6,8,12H,4H2,1-3H3/t8-,12-/m1/s1. The van der Waals surface area contributed by atoms with Crippen LogP contribution in [-0.4, -0.2) is 44.0 Å². The number of hydrogen-bond donors (Lipinski definition) is 0. The fourth-order valence-corrected chi connectivity index (χ4v) is 2.52. The van der Waals surface area contributed by atoms with Gasteiger partial charge in [-0.3, -0.25) is 9.36 Å². The molecule has 3 heterocycles. The molecule has 1 aliphatic heterocycles. The molecular weight excluding hydrogens is 312 g/mol. The van der Waals surface area contributed by atoms with Gasteiger partial charge in [-0.15, -0.1) is 0 Å². The molecular formula is C13H15ClN4O4. The number of hydrogen-bond acceptors (Lipinski definition) is 7. The van der Waals surface area contributed by atoms with Crippen molar-refractivity contribution >= 4 is 28.7 Å². The topological polar surface area (TPSA) is 88.4 Å². The first-order valence-corrected chi connectivity index (χ1v) is 7.07. The highest BCUT2D eigenvalue weighted by Crippen LogP contribution is 2.32. The Morgan fingerprint density at radius 3 is 2.91 bits per heavy atom. The van der Waals surface area contributed by atoms with Crippen molar-refractivity contribution in [3.63, 3.8) is 0 Å². The summed E-state index contributed by atoms with van der Waals surface area (Å²) in [5.74, 6) is -1.19. The highest BCUT2D eigenvalue weighted by Gasteiger charge is 2.40.